The van der Waals surface area contributed by atoms with Crippen molar-refractivity contribution in [3.05, 3.63) is 53.9 Å². The Morgan fingerprint density at radius 1 is 1.18 bits per heavy atom. The molecule has 1 amide bonds. The van der Waals surface area contributed by atoms with Crippen LogP contribution in [0.15, 0.2) is 47.4 Å². The molecule has 2 aliphatic rings. The van der Waals surface area contributed by atoms with Gasteiger partial charge in [-0.05, 0) is 60.4 Å². The van der Waals surface area contributed by atoms with Crippen molar-refractivity contribution in [1.29, 1.82) is 0 Å². The molecule has 4 nitrogen and oxygen atoms in total. The van der Waals surface area contributed by atoms with E-state index in [4.69, 9.17) is 0 Å². The van der Waals surface area contributed by atoms with Gasteiger partial charge in [-0.25, -0.2) is 4.98 Å². The minimum Gasteiger partial charge on any atom is -0.406 e. The maximum absolute atomic E-state index is 13.3. The lowest BCUT2D eigenvalue weighted by atomic mass is 9.65. The van der Waals surface area contributed by atoms with E-state index in [2.05, 4.69) is 30.5 Å². The van der Waals surface area contributed by atoms with E-state index in [0.717, 1.165) is 25.8 Å². The molecule has 1 saturated heterocycles. The molecule has 0 N–H and O–H groups in total. The van der Waals surface area contributed by atoms with Gasteiger partial charge in [0.2, 0.25) is 0 Å². The highest BCUT2D eigenvalue weighted by Crippen LogP contribution is 2.52. The molecule has 1 aliphatic carbocycles. The SMILES string of the molecule is C.CC1(C)C[C@@H]2C[C@@](C)(CN2C(=O)c2cccc(CSc3cccc(OC(F)(F)F)c3)n2)C1. The van der Waals surface area contributed by atoms with Crippen molar-refractivity contribution >= 4 is 17.7 Å². The largest absolute Gasteiger partial charge is 0.573 e. The van der Waals surface area contributed by atoms with Gasteiger partial charge in [-0.2, -0.15) is 0 Å². The number of ether oxygens (including phenoxy) is 1. The maximum Gasteiger partial charge on any atom is 0.573 e. The van der Waals surface area contributed by atoms with Crippen LogP contribution in [0.4, 0.5) is 13.2 Å². The van der Waals surface area contributed by atoms with E-state index < -0.39 is 6.36 Å². The Morgan fingerprint density at radius 2 is 1.91 bits per heavy atom. The third-order valence-corrected chi connectivity index (χ3v) is 7.15. The van der Waals surface area contributed by atoms with Gasteiger partial charge in [0.15, 0.2) is 0 Å². The van der Waals surface area contributed by atoms with E-state index in [1.54, 1.807) is 12.1 Å². The molecule has 0 radical (unpaired) electrons. The zero-order valence-electron chi connectivity index (χ0n) is 18.4. The van der Waals surface area contributed by atoms with Gasteiger partial charge >= 0.3 is 6.36 Å². The van der Waals surface area contributed by atoms with Crippen molar-refractivity contribution in [2.75, 3.05) is 6.54 Å². The van der Waals surface area contributed by atoms with Crippen molar-refractivity contribution in [1.82, 2.24) is 9.88 Å². The number of amides is 1. The summed E-state index contributed by atoms with van der Waals surface area (Å²) in [6, 6.07) is 11.5. The normalized spacial score (nSPS) is 23.7. The molecule has 4 rings (SSSR count). The van der Waals surface area contributed by atoms with Crippen LogP contribution in [-0.2, 0) is 5.75 Å². The highest BCUT2D eigenvalue weighted by molar-refractivity contribution is 7.98. The quantitative estimate of drug-likeness (QED) is 0.434. The minimum atomic E-state index is -4.72. The van der Waals surface area contributed by atoms with Crippen LogP contribution < -0.4 is 4.74 Å². The molecule has 33 heavy (non-hydrogen) atoms. The number of hydrogen-bond donors (Lipinski definition) is 0. The topological polar surface area (TPSA) is 42.4 Å². The predicted molar refractivity (Wildman–Crippen MR) is 124 cm³/mol. The molecule has 8 heteroatoms. The van der Waals surface area contributed by atoms with Gasteiger partial charge in [0.25, 0.3) is 5.91 Å². The molecule has 0 spiro atoms. The van der Waals surface area contributed by atoms with Gasteiger partial charge in [0.05, 0.1) is 5.69 Å². The number of hydrogen-bond acceptors (Lipinski definition) is 4. The molecule has 0 unspecified atom stereocenters. The van der Waals surface area contributed by atoms with Crippen molar-refractivity contribution < 1.29 is 22.7 Å². The fourth-order valence-electron chi connectivity index (χ4n) is 5.44. The Labute approximate surface area is 197 Å². The van der Waals surface area contributed by atoms with Gasteiger partial charge in [-0.15, -0.1) is 24.9 Å². The predicted octanol–water partition coefficient (Wildman–Crippen LogP) is 6.95. The third-order valence-electron chi connectivity index (χ3n) is 6.13. The molecule has 2 aromatic rings. The maximum atomic E-state index is 13.3. The first-order chi connectivity index (χ1) is 14.9. The molecule has 1 aromatic carbocycles. The summed E-state index contributed by atoms with van der Waals surface area (Å²) in [6.07, 6.45) is -1.57. The molecule has 1 aromatic heterocycles. The highest BCUT2D eigenvalue weighted by Gasteiger charge is 2.51. The van der Waals surface area contributed by atoms with Gasteiger partial charge in [-0.3, -0.25) is 4.79 Å². The summed E-state index contributed by atoms with van der Waals surface area (Å²) in [6.45, 7) is 7.57. The number of likely N-dealkylation sites (tertiary alicyclic amines) is 1. The number of aromatic nitrogens is 1. The molecule has 180 valence electrons. The van der Waals surface area contributed by atoms with Crippen LogP contribution in [-0.4, -0.2) is 34.7 Å². The van der Waals surface area contributed by atoms with E-state index >= 15 is 0 Å². The summed E-state index contributed by atoms with van der Waals surface area (Å²) in [4.78, 5) is 20.5. The number of carbonyl (C=O) groups excluding carboxylic acids is 1. The summed E-state index contributed by atoms with van der Waals surface area (Å²) in [5, 5.41) is 0. The van der Waals surface area contributed by atoms with Crippen LogP contribution in [0.25, 0.3) is 0 Å². The number of fused-ring (bicyclic) bond motifs is 2. The molecular formula is C25H31F3N2O2S. The van der Waals surface area contributed by atoms with Gasteiger partial charge in [0.1, 0.15) is 11.4 Å². The van der Waals surface area contributed by atoms with Crippen LogP contribution in [0.5, 0.6) is 5.75 Å². The fraction of sp³-hybridized carbons (Fsp3) is 0.520. The number of rotatable bonds is 5. The second-order valence-corrected chi connectivity index (χ2v) is 11.0. The zero-order chi connectivity index (χ0) is 23.1. The summed E-state index contributed by atoms with van der Waals surface area (Å²) < 4.78 is 41.3. The Kier molecular flexibility index (Phi) is 7.08. The summed E-state index contributed by atoms with van der Waals surface area (Å²) >= 11 is 1.35. The van der Waals surface area contributed by atoms with Crippen LogP contribution >= 0.6 is 11.8 Å². The van der Waals surface area contributed by atoms with Crippen LogP contribution in [0, 0.1) is 10.8 Å². The van der Waals surface area contributed by atoms with Crippen molar-refractivity contribution in [3.8, 4) is 5.75 Å². The second kappa shape index (κ2) is 9.20. The second-order valence-electron chi connectivity index (χ2n) is 9.97. The summed E-state index contributed by atoms with van der Waals surface area (Å²) in [7, 11) is 0. The molecule has 1 aliphatic heterocycles. The van der Waals surface area contributed by atoms with E-state index in [-0.39, 0.29) is 36.0 Å². The number of alkyl halides is 3. The number of carbonyl (C=O) groups is 1. The lowest BCUT2D eigenvalue weighted by Gasteiger charge is -2.39. The van der Waals surface area contributed by atoms with Crippen LogP contribution in [0.3, 0.4) is 0 Å². The average Bonchev–Trinajstić information content (AvgIpc) is 2.93. The van der Waals surface area contributed by atoms with E-state index in [9.17, 15) is 18.0 Å². The fourth-order valence-corrected chi connectivity index (χ4v) is 6.29. The first-order valence-corrected chi connectivity index (χ1v) is 11.7. The molecule has 1 saturated carbocycles. The number of pyridine rings is 1. The first-order valence-electron chi connectivity index (χ1n) is 10.7. The molecule has 2 fully saturated rings. The van der Waals surface area contributed by atoms with E-state index in [0.29, 0.717) is 22.0 Å². The third kappa shape index (κ3) is 6.22. The number of nitrogens with zero attached hydrogens (tertiary/aromatic N) is 2. The Bertz CT molecular complexity index is 1010. The van der Waals surface area contributed by atoms with Gasteiger partial charge in [-0.1, -0.05) is 40.3 Å². The van der Waals surface area contributed by atoms with Crippen molar-refractivity contribution in [3.63, 3.8) is 0 Å². The lowest BCUT2D eigenvalue weighted by molar-refractivity contribution is -0.274. The van der Waals surface area contributed by atoms with Crippen LogP contribution in [0.1, 0.15) is 63.6 Å². The Morgan fingerprint density at radius 3 is 2.64 bits per heavy atom. The minimum absolute atomic E-state index is 0. The zero-order valence-corrected chi connectivity index (χ0v) is 19.2. The monoisotopic (exact) mass is 480 g/mol. The first kappa shape index (κ1) is 25.4. The standard InChI is InChI=1S/C24H27F3N2O2S.CH4/c1-22(2)11-17-12-23(3,14-22)15-29(17)21(30)20-9-4-6-16(28-20)13-32-19-8-5-7-18(10-19)31-24(25,26)27;/h4-10,17H,11-15H2,1-3H3;1H4/t17-,23-;/m1./s1. The van der Waals surface area contributed by atoms with E-state index in [1.165, 1.54) is 30.0 Å². The summed E-state index contributed by atoms with van der Waals surface area (Å²) in [5.41, 5.74) is 1.50. The number of benzene rings is 1. The van der Waals surface area contributed by atoms with Gasteiger partial charge in [0, 0.05) is 23.2 Å². The molecular weight excluding hydrogens is 449 g/mol. The summed E-state index contributed by atoms with van der Waals surface area (Å²) in [5.74, 6) is 0.143. The van der Waals surface area contributed by atoms with Crippen molar-refractivity contribution in [2.45, 2.75) is 70.5 Å². The smallest absolute Gasteiger partial charge is 0.406 e. The average molecular weight is 481 g/mol. The van der Waals surface area contributed by atoms with E-state index in [1.807, 2.05) is 17.0 Å². The van der Waals surface area contributed by atoms with Gasteiger partial charge < -0.3 is 9.64 Å². The highest BCUT2D eigenvalue weighted by atomic mass is 32.2. The molecule has 2 bridgehead atoms. The Balaban J connectivity index is 0.00000306. The Hall–Kier alpha value is -2.22. The van der Waals surface area contributed by atoms with Crippen LogP contribution in [0.2, 0.25) is 0 Å². The number of halogens is 3. The number of thioether (sulfide) groups is 1. The molecule has 2 heterocycles. The lowest BCUT2D eigenvalue weighted by Crippen LogP contribution is -2.38. The van der Waals surface area contributed by atoms with Crippen molar-refractivity contribution in [2.24, 2.45) is 10.8 Å². The molecule has 2 atom stereocenters.